The molecular formula is C46H52O. The van der Waals surface area contributed by atoms with Crippen molar-refractivity contribution in [3.8, 4) is 5.75 Å². The van der Waals surface area contributed by atoms with Gasteiger partial charge in [0.2, 0.25) is 0 Å². The molecule has 0 radical (unpaired) electrons. The molecular weight excluding hydrogens is 569 g/mol. The van der Waals surface area contributed by atoms with Gasteiger partial charge in [0.05, 0.1) is 5.41 Å². The van der Waals surface area contributed by atoms with Crippen LogP contribution in [-0.2, 0) is 28.3 Å². The second-order valence-corrected chi connectivity index (χ2v) is 16.0. The minimum atomic E-state index is -0.542. The van der Waals surface area contributed by atoms with Crippen molar-refractivity contribution in [2.45, 2.75) is 90.6 Å². The van der Waals surface area contributed by atoms with Crippen LogP contribution >= 0.6 is 0 Å². The molecule has 0 N–H and O–H groups in total. The zero-order valence-electron chi connectivity index (χ0n) is 29.9. The average molecular weight is 621 g/mol. The summed E-state index contributed by atoms with van der Waals surface area (Å²) in [5, 5.41) is 0. The molecule has 0 heterocycles. The molecule has 0 aliphatic rings. The first-order chi connectivity index (χ1) is 22.1. The number of ether oxygens (including phenoxy) is 1. The van der Waals surface area contributed by atoms with Crippen molar-refractivity contribution in [2.24, 2.45) is 0 Å². The molecule has 5 aromatic rings. The predicted molar refractivity (Wildman–Crippen MR) is 202 cm³/mol. The van der Waals surface area contributed by atoms with Gasteiger partial charge in [-0.1, -0.05) is 178 Å². The standard InChI is InChI=1S/C46H52O/c1-11-33-13-12-14-34(31-33)32-47-42-29-27-41(28-30-42)46(38-21-15-35(16-22-38)43(2,3)4,39-23-17-36(18-24-39)44(5,6)7)40-25-19-37(20-26-40)45(8,9)10/h11-31H,1,32H2,2-10H3. The number of rotatable bonds is 8. The molecule has 0 saturated carbocycles. The molecule has 0 saturated heterocycles. The molecule has 0 fully saturated rings. The third-order valence-corrected chi connectivity index (χ3v) is 9.43. The molecule has 0 aromatic heterocycles. The highest BCUT2D eigenvalue weighted by Crippen LogP contribution is 2.47. The van der Waals surface area contributed by atoms with Gasteiger partial charge in [-0.3, -0.25) is 0 Å². The van der Waals surface area contributed by atoms with Crippen LogP contribution in [0.25, 0.3) is 6.08 Å². The summed E-state index contributed by atoms with van der Waals surface area (Å²) < 4.78 is 6.30. The minimum Gasteiger partial charge on any atom is -0.489 e. The second kappa shape index (κ2) is 13.0. The Hall–Kier alpha value is -4.36. The highest BCUT2D eigenvalue weighted by Gasteiger charge is 2.39. The minimum absolute atomic E-state index is 0.0636. The lowest BCUT2D eigenvalue weighted by atomic mass is 9.64. The Kier molecular flexibility index (Phi) is 9.43. The number of benzene rings is 5. The summed E-state index contributed by atoms with van der Waals surface area (Å²) in [6.45, 7) is 24.9. The Labute approximate surface area is 284 Å². The summed E-state index contributed by atoms with van der Waals surface area (Å²) in [4.78, 5) is 0. The van der Waals surface area contributed by atoms with Gasteiger partial charge in [0.15, 0.2) is 0 Å². The Bertz CT molecular complexity index is 1640. The van der Waals surface area contributed by atoms with E-state index in [2.05, 4.69) is 184 Å². The van der Waals surface area contributed by atoms with E-state index in [0.29, 0.717) is 6.61 Å². The van der Waals surface area contributed by atoms with Gasteiger partial charge in [-0.2, -0.15) is 0 Å². The van der Waals surface area contributed by atoms with Gasteiger partial charge >= 0.3 is 0 Å². The zero-order valence-corrected chi connectivity index (χ0v) is 29.9. The Morgan fingerprint density at radius 1 is 0.468 bits per heavy atom. The third kappa shape index (κ3) is 7.31. The first-order valence-electron chi connectivity index (χ1n) is 16.9. The summed E-state index contributed by atoms with van der Waals surface area (Å²) in [6, 6.07) is 45.0. The van der Waals surface area contributed by atoms with Crippen molar-refractivity contribution in [3.05, 3.63) is 178 Å². The van der Waals surface area contributed by atoms with Crippen molar-refractivity contribution in [2.75, 3.05) is 0 Å². The fraction of sp³-hybridized carbons (Fsp3) is 0.304. The van der Waals surface area contributed by atoms with Gasteiger partial charge in [0.1, 0.15) is 12.4 Å². The molecule has 242 valence electrons. The molecule has 0 aliphatic heterocycles. The van der Waals surface area contributed by atoms with Crippen molar-refractivity contribution in [1.29, 1.82) is 0 Å². The predicted octanol–water partition coefficient (Wildman–Crippen LogP) is 12.2. The maximum atomic E-state index is 6.30. The first-order valence-corrected chi connectivity index (χ1v) is 16.9. The van der Waals surface area contributed by atoms with Crippen molar-refractivity contribution in [1.82, 2.24) is 0 Å². The number of hydrogen-bond donors (Lipinski definition) is 0. The summed E-state index contributed by atoms with van der Waals surface area (Å²) in [7, 11) is 0. The highest BCUT2D eigenvalue weighted by atomic mass is 16.5. The Morgan fingerprint density at radius 3 is 1.15 bits per heavy atom. The molecule has 1 heteroatoms. The van der Waals surface area contributed by atoms with Crippen molar-refractivity contribution < 1.29 is 4.74 Å². The SMILES string of the molecule is C=Cc1cccc(COc2ccc(C(c3ccc(C(C)(C)C)cc3)(c3ccc(C(C)(C)C)cc3)c3ccc(C(C)(C)C)cc3)cc2)c1. The van der Waals surface area contributed by atoms with Crippen LogP contribution in [0.15, 0.2) is 128 Å². The van der Waals surface area contributed by atoms with Gasteiger partial charge in [-0.25, -0.2) is 0 Å². The fourth-order valence-electron chi connectivity index (χ4n) is 6.44. The molecule has 5 aromatic carbocycles. The Balaban J connectivity index is 1.69. The van der Waals surface area contributed by atoms with E-state index in [-0.39, 0.29) is 16.2 Å². The van der Waals surface area contributed by atoms with Crippen LogP contribution in [0.5, 0.6) is 5.75 Å². The summed E-state index contributed by atoms with van der Waals surface area (Å²) in [5.74, 6) is 0.848. The van der Waals surface area contributed by atoms with Crippen LogP contribution in [-0.4, -0.2) is 0 Å². The molecule has 0 unspecified atom stereocenters. The topological polar surface area (TPSA) is 9.23 Å². The van der Waals surface area contributed by atoms with Crippen LogP contribution in [0.1, 0.15) is 112 Å². The van der Waals surface area contributed by atoms with E-state index in [1.165, 1.54) is 38.9 Å². The zero-order chi connectivity index (χ0) is 34.0. The number of hydrogen-bond acceptors (Lipinski definition) is 1. The van der Waals surface area contributed by atoms with E-state index in [9.17, 15) is 0 Å². The highest BCUT2D eigenvalue weighted by molar-refractivity contribution is 5.61. The van der Waals surface area contributed by atoms with Crippen LogP contribution < -0.4 is 4.74 Å². The largest absolute Gasteiger partial charge is 0.489 e. The molecule has 0 aliphatic carbocycles. The van der Waals surface area contributed by atoms with Crippen molar-refractivity contribution in [3.63, 3.8) is 0 Å². The first kappa shape index (κ1) is 34.0. The lowest BCUT2D eigenvalue weighted by Crippen LogP contribution is -2.31. The molecule has 0 atom stereocenters. The Morgan fingerprint density at radius 2 is 0.809 bits per heavy atom. The molecule has 47 heavy (non-hydrogen) atoms. The van der Waals surface area contributed by atoms with E-state index in [1.807, 2.05) is 12.1 Å². The van der Waals surface area contributed by atoms with Gasteiger partial charge < -0.3 is 4.74 Å². The smallest absolute Gasteiger partial charge is 0.119 e. The van der Waals surface area contributed by atoms with Gasteiger partial charge in [0, 0.05) is 0 Å². The average Bonchev–Trinajstić information content (AvgIpc) is 3.04. The van der Waals surface area contributed by atoms with Crippen LogP contribution in [0.4, 0.5) is 0 Å². The van der Waals surface area contributed by atoms with Crippen LogP contribution in [0, 0.1) is 0 Å². The van der Waals surface area contributed by atoms with Gasteiger partial charge in [0.25, 0.3) is 0 Å². The van der Waals surface area contributed by atoms with Crippen molar-refractivity contribution >= 4 is 6.08 Å². The molecule has 0 bridgehead atoms. The van der Waals surface area contributed by atoms with E-state index in [4.69, 9.17) is 4.74 Å². The maximum absolute atomic E-state index is 6.30. The van der Waals surface area contributed by atoms with E-state index >= 15 is 0 Å². The van der Waals surface area contributed by atoms with E-state index in [1.54, 1.807) is 0 Å². The quantitative estimate of drug-likeness (QED) is 0.157. The normalized spacial score (nSPS) is 12.5. The summed E-state index contributed by atoms with van der Waals surface area (Å²) >= 11 is 0. The monoisotopic (exact) mass is 620 g/mol. The lowest BCUT2D eigenvalue weighted by Gasteiger charge is -2.38. The molecule has 0 spiro atoms. The van der Waals surface area contributed by atoms with Crippen LogP contribution in [0.3, 0.4) is 0 Å². The fourth-order valence-corrected chi connectivity index (χ4v) is 6.44. The van der Waals surface area contributed by atoms with E-state index in [0.717, 1.165) is 16.9 Å². The third-order valence-electron chi connectivity index (χ3n) is 9.43. The lowest BCUT2D eigenvalue weighted by molar-refractivity contribution is 0.306. The van der Waals surface area contributed by atoms with Crippen LogP contribution in [0.2, 0.25) is 0 Å². The van der Waals surface area contributed by atoms with Gasteiger partial charge in [-0.05, 0) is 84.5 Å². The van der Waals surface area contributed by atoms with Gasteiger partial charge in [-0.15, -0.1) is 0 Å². The summed E-state index contributed by atoms with van der Waals surface area (Å²) in [5.41, 5.74) is 10.8. The molecule has 0 amide bonds. The second-order valence-electron chi connectivity index (χ2n) is 16.0. The van der Waals surface area contributed by atoms with E-state index < -0.39 is 5.41 Å². The maximum Gasteiger partial charge on any atom is 0.119 e. The summed E-state index contributed by atoms with van der Waals surface area (Å²) in [6.07, 6.45) is 1.87. The molecule has 1 nitrogen and oxygen atoms in total. The molecule has 5 rings (SSSR count).